The first-order valence-electron chi connectivity index (χ1n) is 9.25. The van der Waals surface area contributed by atoms with E-state index in [2.05, 4.69) is 16.1 Å². The zero-order valence-corrected chi connectivity index (χ0v) is 13.2. The van der Waals surface area contributed by atoms with Crippen molar-refractivity contribution in [3.8, 4) is 0 Å². The predicted octanol–water partition coefficient (Wildman–Crippen LogP) is 4.87. The molecule has 2 aliphatic carbocycles. The molecular weight excluding hydrogens is 258 g/mol. The number of fused-ring (bicyclic) bond motifs is 1. The number of hydrogen-bond donors (Lipinski definition) is 1. The van der Waals surface area contributed by atoms with Gasteiger partial charge in [-0.2, -0.15) is 5.10 Å². The van der Waals surface area contributed by atoms with Crippen LogP contribution in [0.15, 0.2) is 6.07 Å². The molecule has 2 saturated carbocycles. The van der Waals surface area contributed by atoms with Crippen LogP contribution in [0.2, 0.25) is 0 Å². The Labute approximate surface area is 128 Å². The van der Waals surface area contributed by atoms with Crippen molar-refractivity contribution < 1.29 is 0 Å². The molecule has 1 aliphatic heterocycles. The van der Waals surface area contributed by atoms with Crippen LogP contribution in [0.4, 0.5) is 5.82 Å². The molecule has 4 rings (SSSR count). The Kier molecular flexibility index (Phi) is 3.91. The summed E-state index contributed by atoms with van der Waals surface area (Å²) in [6.45, 7) is 1.14. The van der Waals surface area contributed by atoms with E-state index in [-0.39, 0.29) is 0 Å². The van der Waals surface area contributed by atoms with Crippen molar-refractivity contribution in [3.63, 3.8) is 0 Å². The molecule has 0 radical (unpaired) electrons. The zero-order valence-electron chi connectivity index (χ0n) is 13.2. The van der Waals surface area contributed by atoms with Crippen molar-refractivity contribution in [1.82, 2.24) is 9.78 Å². The van der Waals surface area contributed by atoms with Crippen LogP contribution in [0.5, 0.6) is 0 Å². The second-order valence-corrected chi connectivity index (χ2v) is 7.41. The van der Waals surface area contributed by atoms with Crippen LogP contribution in [-0.2, 0) is 0 Å². The molecule has 0 saturated heterocycles. The molecule has 2 fully saturated rings. The number of anilines is 1. The lowest BCUT2D eigenvalue weighted by Gasteiger charge is -2.30. The Balaban J connectivity index is 1.57. The zero-order chi connectivity index (χ0) is 14.1. The molecule has 116 valence electrons. The average Bonchev–Trinajstić information content (AvgIpc) is 3.10. The topological polar surface area (TPSA) is 29.9 Å². The molecule has 1 unspecified atom stereocenters. The van der Waals surface area contributed by atoms with Crippen molar-refractivity contribution in [2.45, 2.75) is 82.6 Å². The fraction of sp³-hybridized carbons (Fsp3) is 0.833. The SMILES string of the molecule is c1c(C2CCCCCC2)nn2c1NCCC2C1CCCC1. The number of hydrogen-bond acceptors (Lipinski definition) is 2. The van der Waals surface area contributed by atoms with Crippen molar-refractivity contribution in [1.29, 1.82) is 0 Å². The summed E-state index contributed by atoms with van der Waals surface area (Å²) >= 11 is 0. The minimum atomic E-state index is 0.670. The van der Waals surface area contributed by atoms with Crippen LogP contribution < -0.4 is 5.32 Å². The van der Waals surface area contributed by atoms with Gasteiger partial charge in [0.05, 0.1) is 11.7 Å². The van der Waals surface area contributed by atoms with Crippen LogP contribution in [0, 0.1) is 5.92 Å². The highest BCUT2D eigenvalue weighted by Gasteiger charge is 2.31. The van der Waals surface area contributed by atoms with E-state index in [1.54, 1.807) is 0 Å². The number of nitrogens with zero attached hydrogens (tertiary/aromatic N) is 2. The summed E-state index contributed by atoms with van der Waals surface area (Å²) in [6.07, 6.45) is 15.3. The van der Waals surface area contributed by atoms with Crippen molar-refractivity contribution >= 4 is 5.82 Å². The molecule has 1 atom stereocenters. The van der Waals surface area contributed by atoms with Gasteiger partial charge >= 0.3 is 0 Å². The second kappa shape index (κ2) is 6.02. The monoisotopic (exact) mass is 287 g/mol. The van der Waals surface area contributed by atoms with Gasteiger partial charge in [-0.1, -0.05) is 38.5 Å². The molecule has 1 aromatic rings. The highest BCUT2D eigenvalue weighted by molar-refractivity contribution is 5.40. The Bertz CT molecular complexity index is 465. The summed E-state index contributed by atoms with van der Waals surface area (Å²) < 4.78 is 2.37. The molecule has 3 nitrogen and oxygen atoms in total. The molecule has 1 N–H and O–H groups in total. The lowest BCUT2D eigenvalue weighted by atomic mass is 9.94. The fourth-order valence-corrected chi connectivity index (χ4v) is 4.82. The van der Waals surface area contributed by atoms with Gasteiger partial charge in [0.25, 0.3) is 0 Å². The lowest BCUT2D eigenvalue weighted by Crippen LogP contribution is -2.28. The smallest absolute Gasteiger partial charge is 0.124 e. The number of rotatable bonds is 2. The first-order chi connectivity index (χ1) is 10.4. The fourth-order valence-electron chi connectivity index (χ4n) is 4.82. The van der Waals surface area contributed by atoms with Gasteiger partial charge in [-0.05, 0) is 38.0 Å². The van der Waals surface area contributed by atoms with E-state index in [0.29, 0.717) is 6.04 Å². The van der Waals surface area contributed by atoms with Crippen molar-refractivity contribution in [2.75, 3.05) is 11.9 Å². The van der Waals surface area contributed by atoms with Crippen LogP contribution in [0.1, 0.15) is 88.3 Å². The van der Waals surface area contributed by atoms with E-state index >= 15 is 0 Å². The summed E-state index contributed by atoms with van der Waals surface area (Å²) in [5.74, 6) is 2.90. The molecule has 21 heavy (non-hydrogen) atoms. The van der Waals surface area contributed by atoms with Crippen LogP contribution in [0.25, 0.3) is 0 Å². The summed E-state index contributed by atoms with van der Waals surface area (Å²) in [6, 6.07) is 3.04. The third kappa shape index (κ3) is 2.72. The van der Waals surface area contributed by atoms with Gasteiger partial charge in [0.2, 0.25) is 0 Å². The normalized spacial score (nSPS) is 28.1. The first kappa shape index (κ1) is 13.7. The van der Waals surface area contributed by atoms with E-state index in [0.717, 1.165) is 18.4 Å². The Morgan fingerprint density at radius 1 is 0.905 bits per heavy atom. The minimum absolute atomic E-state index is 0.670. The summed E-state index contributed by atoms with van der Waals surface area (Å²) in [7, 11) is 0. The van der Waals surface area contributed by atoms with Crippen LogP contribution in [-0.4, -0.2) is 16.3 Å². The summed E-state index contributed by atoms with van der Waals surface area (Å²) in [5.41, 5.74) is 1.38. The molecule has 0 spiro atoms. The van der Waals surface area contributed by atoms with Gasteiger partial charge < -0.3 is 5.32 Å². The molecule has 0 aromatic carbocycles. The van der Waals surface area contributed by atoms with Gasteiger partial charge in [0, 0.05) is 18.5 Å². The lowest BCUT2D eigenvalue weighted by molar-refractivity contribution is 0.288. The maximum Gasteiger partial charge on any atom is 0.124 e. The highest BCUT2D eigenvalue weighted by Crippen LogP contribution is 2.40. The molecule has 3 aliphatic rings. The number of aromatic nitrogens is 2. The summed E-state index contributed by atoms with van der Waals surface area (Å²) in [5, 5.41) is 8.69. The van der Waals surface area contributed by atoms with Crippen molar-refractivity contribution in [3.05, 3.63) is 11.8 Å². The van der Waals surface area contributed by atoms with E-state index in [9.17, 15) is 0 Å². The Morgan fingerprint density at radius 3 is 2.38 bits per heavy atom. The van der Waals surface area contributed by atoms with Crippen molar-refractivity contribution in [2.24, 2.45) is 5.92 Å². The molecule has 0 bridgehead atoms. The van der Waals surface area contributed by atoms with E-state index in [1.807, 2.05) is 0 Å². The first-order valence-corrected chi connectivity index (χ1v) is 9.25. The Morgan fingerprint density at radius 2 is 1.62 bits per heavy atom. The molecule has 1 aromatic heterocycles. The Hall–Kier alpha value is -0.990. The third-order valence-electron chi connectivity index (χ3n) is 6.03. The van der Waals surface area contributed by atoms with Gasteiger partial charge in [0.15, 0.2) is 0 Å². The quantitative estimate of drug-likeness (QED) is 0.787. The average molecular weight is 287 g/mol. The molecule has 3 heteroatoms. The summed E-state index contributed by atoms with van der Waals surface area (Å²) in [4.78, 5) is 0. The maximum atomic E-state index is 5.10. The molecule has 0 amide bonds. The third-order valence-corrected chi connectivity index (χ3v) is 6.03. The van der Waals surface area contributed by atoms with E-state index in [1.165, 1.54) is 82.1 Å². The van der Waals surface area contributed by atoms with E-state index < -0.39 is 0 Å². The van der Waals surface area contributed by atoms with Gasteiger partial charge in [-0.15, -0.1) is 0 Å². The second-order valence-electron chi connectivity index (χ2n) is 7.41. The molecule has 2 heterocycles. The molecular formula is C18H29N3. The number of nitrogens with one attached hydrogen (secondary N) is 1. The van der Waals surface area contributed by atoms with Gasteiger partial charge in [-0.3, -0.25) is 0 Å². The van der Waals surface area contributed by atoms with Crippen LogP contribution in [0.3, 0.4) is 0 Å². The predicted molar refractivity (Wildman–Crippen MR) is 86.8 cm³/mol. The van der Waals surface area contributed by atoms with E-state index in [4.69, 9.17) is 5.10 Å². The van der Waals surface area contributed by atoms with Gasteiger partial charge in [0.1, 0.15) is 5.82 Å². The highest BCUT2D eigenvalue weighted by atomic mass is 15.4. The maximum absolute atomic E-state index is 5.10. The van der Waals surface area contributed by atoms with Crippen LogP contribution >= 0.6 is 0 Å². The standard InChI is InChI=1S/C18H29N3/c1-2-4-8-14(7-3-1)16-13-18-19-12-11-17(21(18)20-16)15-9-5-6-10-15/h13-15,17,19H,1-12H2. The largest absolute Gasteiger partial charge is 0.370 e. The van der Waals surface area contributed by atoms with Gasteiger partial charge in [-0.25, -0.2) is 4.68 Å². The minimum Gasteiger partial charge on any atom is -0.370 e.